The van der Waals surface area contributed by atoms with Crippen LogP contribution >= 0.6 is 0 Å². The third-order valence-electron chi connectivity index (χ3n) is 0.601. The summed E-state index contributed by atoms with van der Waals surface area (Å²) in [6, 6.07) is 0. The van der Waals surface area contributed by atoms with Gasteiger partial charge in [0.1, 0.15) is 0 Å². The van der Waals surface area contributed by atoms with Crippen molar-refractivity contribution in [2.24, 2.45) is 16.5 Å². The Kier molecular flexibility index (Phi) is 2.40. The van der Waals surface area contributed by atoms with Gasteiger partial charge in [-0.25, -0.2) is 0 Å². The van der Waals surface area contributed by atoms with Gasteiger partial charge in [0.05, 0.1) is 11.9 Å². The SMILES string of the molecule is C=N/C=C(/N)C(=C)N. The number of hydrogen-bond acceptors (Lipinski definition) is 3. The average molecular weight is 111 g/mol. The summed E-state index contributed by atoms with van der Waals surface area (Å²) in [5.74, 6) is 0. The number of aliphatic imine (C=N–C) groups is 1. The van der Waals surface area contributed by atoms with Crippen LogP contribution in [0.25, 0.3) is 0 Å². The fraction of sp³-hybridized carbons (Fsp3) is 0. The summed E-state index contributed by atoms with van der Waals surface area (Å²) in [6.07, 6.45) is 1.35. The maximum atomic E-state index is 5.23. The van der Waals surface area contributed by atoms with E-state index in [0.29, 0.717) is 11.4 Å². The molecule has 0 saturated carbocycles. The van der Waals surface area contributed by atoms with Gasteiger partial charge in [0.15, 0.2) is 0 Å². The Labute approximate surface area is 48.4 Å². The van der Waals surface area contributed by atoms with Gasteiger partial charge in [-0.1, -0.05) is 6.58 Å². The zero-order chi connectivity index (χ0) is 6.57. The first-order valence-corrected chi connectivity index (χ1v) is 2.04. The quantitative estimate of drug-likeness (QED) is 0.388. The van der Waals surface area contributed by atoms with Gasteiger partial charge in [0.25, 0.3) is 0 Å². The predicted molar refractivity (Wildman–Crippen MR) is 35.1 cm³/mol. The molecule has 0 rings (SSSR count). The Morgan fingerprint density at radius 1 is 1.50 bits per heavy atom. The highest BCUT2D eigenvalue weighted by Gasteiger charge is 1.84. The van der Waals surface area contributed by atoms with E-state index in [4.69, 9.17) is 11.5 Å². The van der Waals surface area contributed by atoms with Gasteiger partial charge in [-0.05, 0) is 6.72 Å². The fourth-order valence-electron chi connectivity index (χ4n) is 0.181. The lowest BCUT2D eigenvalue weighted by atomic mass is 10.4. The van der Waals surface area contributed by atoms with Crippen LogP contribution in [-0.2, 0) is 0 Å². The van der Waals surface area contributed by atoms with Gasteiger partial charge in [0.2, 0.25) is 0 Å². The summed E-state index contributed by atoms with van der Waals surface area (Å²) in [5, 5.41) is 0. The molecule has 0 aromatic carbocycles. The summed E-state index contributed by atoms with van der Waals surface area (Å²) < 4.78 is 0. The predicted octanol–water partition coefficient (Wildman–Crippen LogP) is -0.0405. The van der Waals surface area contributed by atoms with Gasteiger partial charge < -0.3 is 11.5 Å². The molecule has 0 aliphatic carbocycles. The summed E-state index contributed by atoms with van der Waals surface area (Å²) in [6.45, 7) is 6.55. The van der Waals surface area contributed by atoms with Crippen molar-refractivity contribution in [1.29, 1.82) is 0 Å². The van der Waals surface area contributed by atoms with E-state index in [1.54, 1.807) is 0 Å². The first-order chi connectivity index (χ1) is 3.68. The molecule has 0 aromatic rings. The molecule has 0 saturated heterocycles. The van der Waals surface area contributed by atoms with E-state index >= 15 is 0 Å². The first-order valence-electron chi connectivity index (χ1n) is 2.04. The van der Waals surface area contributed by atoms with Crippen LogP contribution in [0.5, 0.6) is 0 Å². The summed E-state index contributed by atoms with van der Waals surface area (Å²) in [4.78, 5) is 3.38. The zero-order valence-electron chi connectivity index (χ0n) is 4.59. The Morgan fingerprint density at radius 3 is 2.12 bits per heavy atom. The first kappa shape index (κ1) is 6.75. The zero-order valence-corrected chi connectivity index (χ0v) is 4.59. The molecule has 0 radical (unpaired) electrons. The molecule has 0 aliphatic rings. The summed E-state index contributed by atoms with van der Waals surface area (Å²) in [7, 11) is 0. The third kappa shape index (κ3) is 2.02. The van der Waals surface area contributed by atoms with Gasteiger partial charge in [-0.2, -0.15) is 0 Å². The molecule has 3 nitrogen and oxygen atoms in total. The highest BCUT2D eigenvalue weighted by molar-refractivity contribution is 5.29. The van der Waals surface area contributed by atoms with E-state index in [2.05, 4.69) is 18.3 Å². The average Bonchev–Trinajstić information content (AvgIpc) is 1.67. The topological polar surface area (TPSA) is 64.4 Å². The second kappa shape index (κ2) is 2.85. The molecule has 0 aromatic heterocycles. The van der Waals surface area contributed by atoms with Crippen molar-refractivity contribution >= 4 is 6.72 Å². The van der Waals surface area contributed by atoms with Crippen LogP contribution in [0.4, 0.5) is 0 Å². The highest BCUT2D eigenvalue weighted by Crippen LogP contribution is 1.89. The van der Waals surface area contributed by atoms with E-state index in [0.717, 1.165) is 0 Å². The van der Waals surface area contributed by atoms with Crippen molar-refractivity contribution in [3.63, 3.8) is 0 Å². The fourth-order valence-corrected chi connectivity index (χ4v) is 0.181. The van der Waals surface area contributed by atoms with Crippen molar-refractivity contribution in [3.05, 3.63) is 24.2 Å². The van der Waals surface area contributed by atoms with Crippen LogP contribution in [-0.4, -0.2) is 6.72 Å². The molecule has 8 heavy (non-hydrogen) atoms. The van der Waals surface area contributed by atoms with Crippen molar-refractivity contribution in [2.45, 2.75) is 0 Å². The minimum Gasteiger partial charge on any atom is -0.397 e. The molecule has 0 bridgehead atoms. The van der Waals surface area contributed by atoms with Crippen LogP contribution in [0.15, 0.2) is 29.2 Å². The Balaban J connectivity index is 3.99. The van der Waals surface area contributed by atoms with Crippen molar-refractivity contribution in [3.8, 4) is 0 Å². The van der Waals surface area contributed by atoms with Crippen LogP contribution in [0, 0.1) is 0 Å². The number of rotatable bonds is 2. The molecule has 0 heterocycles. The van der Waals surface area contributed by atoms with E-state index in [-0.39, 0.29) is 0 Å². The van der Waals surface area contributed by atoms with E-state index in [1.165, 1.54) is 6.20 Å². The lowest BCUT2D eigenvalue weighted by Gasteiger charge is -1.93. The summed E-state index contributed by atoms with van der Waals surface area (Å²) >= 11 is 0. The number of hydrogen-bond donors (Lipinski definition) is 2. The lowest BCUT2D eigenvalue weighted by Crippen LogP contribution is -2.06. The Morgan fingerprint density at radius 2 is 2.00 bits per heavy atom. The lowest BCUT2D eigenvalue weighted by molar-refractivity contribution is 1.24. The number of nitrogens with zero attached hydrogens (tertiary/aromatic N) is 1. The molecule has 0 atom stereocenters. The smallest absolute Gasteiger partial charge is 0.0727 e. The molecular formula is C5H9N3. The van der Waals surface area contributed by atoms with Gasteiger partial charge in [-0.15, -0.1) is 0 Å². The molecule has 3 heteroatoms. The molecule has 0 unspecified atom stereocenters. The maximum Gasteiger partial charge on any atom is 0.0727 e. The van der Waals surface area contributed by atoms with Gasteiger partial charge in [-0.3, -0.25) is 4.99 Å². The molecule has 4 N–H and O–H groups in total. The van der Waals surface area contributed by atoms with E-state index in [9.17, 15) is 0 Å². The Bertz CT molecular complexity index is 135. The normalized spacial score (nSPS) is 10.8. The van der Waals surface area contributed by atoms with Crippen LogP contribution in [0.1, 0.15) is 0 Å². The van der Waals surface area contributed by atoms with Gasteiger partial charge in [0, 0.05) is 5.70 Å². The largest absolute Gasteiger partial charge is 0.397 e. The van der Waals surface area contributed by atoms with Gasteiger partial charge >= 0.3 is 0 Å². The highest BCUT2D eigenvalue weighted by atomic mass is 14.7. The third-order valence-corrected chi connectivity index (χ3v) is 0.601. The van der Waals surface area contributed by atoms with Crippen molar-refractivity contribution in [2.75, 3.05) is 0 Å². The molecule has 0 spiro atoms. The summed E-state index contributed by atoms with van der Waals surface area (Å²) in [5.41, 5.74) is 11.1. The molecular weight excluding hydrogens is 102 g/mol. The standard InChI is InChI=1S/C5H9N3/c1-4(6)5(7)3-8-2/h3H,1-2,6-7H2/b5-3+. The Hall–Kier alpha value is -1.25. The van der Waals surface area contributed by atoms with E-state index in [1.807, 2.05) is 0 Å². The van der Waals surface area contributed by atoms with Crippen LogP contribution < -0.4 is 11.5 Å². The number of nitrogens with two attached hydrogens (primary N) is 2. The molecule has 44 valence electrons. The van der Waals surface area contributed by atoms with Crippen molar-refractivity contribution in [1.82, 2.24) is 0 Å². The minimum absolute atomic E-state index is 0.317. The maximum absolute atomic E-state index is 5.23. The second-order valence-corrected chi connectivity index (χ2v) is 1.29. The van der Waals surface area contributed by atoms with Crippen LogP contribution in [0.2, 0.25) is 0 Å². The monoisotopic (exact) mass is 111 g/mol. The molecule has 0 fully saturated rings. The van der Waals surface area contributed by atoms with Crippen LogP contribution in [0.3, 0.4) is 0 Å². The molecule has 0 aliphatic heterocycles. The minimum atomic E-state index is 0.317. The second-order valence-electron chi connectivity index (χ2n) is 1.29. The molecule has 0 amide bonds. The van der Waals surface area contributed by atoms with Crippen molar-refractivity contribution < 1.29 is 0 Å². The van der Waals surface area contributed by atoms with E-state index < -0.39 is 0 Å².